The largest absolute Gasteiger partial charge is 0.497 e. The highest BCUT2D eigenvalue weighted by molar-refractivity contribution is 5.79. The summed E-state index contributed by atoms with van der Waals surface area (Å²) in [6, 6.07) is 15.2. The van der Waals surface area contributed by atoms with Crippen molar-refractivity contribution in [3.8, 4) is 5.75 Å². The van der Waals surface area contributed by atoms with Gasteiger partial charge in [-0.25, -0.2) is 4.98 Å². The second kappa shape index (κ2) is 9.33. The Labute approximate surface area is 182 Å². The molecule has 6 heteroatoms. The van der Waals surface area contributed by atoms with Crippen molar-refractivity contribution in [2.24, 2.45) is 5.92 Å². The summed E-state index contributed by atoms with van der Waals surface area (Å²) in [6.45, 7) is 4.17. The average Bonchev–Trinajstić information content (AvgIpc) is 2.81. The summed E-state index contributed by atoms with van der Waals surface area (Å²) < 4.78 is 7.02. The Morgan fingerprint density at radius 3 is 2.48 bits per heavy atom. The second-order valence-electron chi connectivity index (χ2n) is 8.16. The molecule has 0 N–H and O–H groups in total. The van der Waals surface area contributed by atoms with Crippen LogP contribution in [-0.2, 0) is 24.2 Å². The predicted octanol–water partition coefficient (Wildman–Crippen LogP) is 3.45. The van der Waals surface area contributed by atoms with Gasteiger partial charge in [0.15, 0.2) is 0 Å². The van der Waals surface area contributed by atoms with E-state index >= 15 is 0 Å². The number of fused-ring (bicyclic) bond motifs is 1. The highest BCUT2D eigenvalue weighted by Crippen LogP contribution is 2.21. The van der Waals surface area contributed by atoms with Gasteiger partial charge in [-0.05, 0) is 48.6 Å². The Morgan fingerprint density at radius 2 is 1.81 bits per heavy atom. The molecule has 0 saturated carbocycles. The SMILES string of the molecule is CCc1nc2ccccc2c(=O)n1CC1CCN(C(=O)Cc2ccc(OC)cc2)CC1. The van der Waals surface area contributed by atoms with E-state index in [0.29, 0.717) is 24.3 Å². The lowest BCUT2D eigenvalue weighted by molar-refractivity contribution is -0.131. The van der Waals surface area contributed by atoms with Gasteiger partial charge in [-0.2, -0.15) is 0 Å². The van der Waals surface area contributed by atoms with Gasteiger partial charge in [0.2, 0.25) is 5.91 Å². The summed E-state index contributed by atoms with van der Waals surface area (Å²) in [4.78, 5) is 32.4. The standard InChI is InChI=1S/C25H29N3O3/c1-3-23-26-22-7-5-4-6-21(22)25(30)28(23)17-19-12-14-27(15-13-19)24(29)16-18-8-10-20(31-2)11-9-18/h4-11,19H,3,12-17H2,1-2H3. The van der Waals surface area contributed by atoms with Crippen LogP contribution in [0.2, 0.25) is 0 Å². The van der Waals surface area contributed by atoms with Gasteiger partial charge < -0.3 is 9.64 Å². The third kappa shape index (κ3) is 4.63. The molecule has 1 amide bonds. The number of ether oxygens (including phenoxy) is 1. The Morgan fingerprint density at radius 1 is 1.10 bits per heavy atom. The number of para-hydroxylation sites is 1. The number of nitrogens with zero attached hydrogens (tertiary/aromatic N) is 3. The van der Waals surface area contributed by atoms with Crippen LogP contribution in [0.1, 0.15) is 31.2 Å². The smallest absolute Gasteiger partial charge is 0.261 e. The lowest BCUT2D eigenvalue weighted by Gasteiger charge is -2.32. The van der Waals surface area contributed by atoms with Crippen LogP contribution in [0.3, 0.4) is 0 Å². The summed E-state index contributed by atoms with van der Waals surface area (Å²) >= 11 is 0. The van der Waals surface area contributed by atoms with Gasteiger partial charge in [-0.1, -0.05) is 31.2 Å². The van der Waals surface area contributed by atoms with Crippen LogP contribution in [-0.4, -0.2) is 40.6 Å². The number of likely N-dealkylation sites (tertiary alicyclic amines) is 1. The van der Waals surface area contributed by atoms with E-state index in [1.165, 1.54) is 0 Å². The third-order valence-corrected chi connectivity index (χ3v) is 6.18. The monoisotopic (exact) mass is 419 g/mol. The van der Waals surface area contributed by atoms with Crippen molar-refractivity contribution in [1.29, 1.82) is 0 Å². The maximum atomic E-state index is 13.1. The van der Waals surface area contributed by atoms with Gasteiger partial charge in [-0.3, -0.25) is 14.2 Å². The van der Waals surface area contributed by atoms with Gasteiger partial charge in [0.25, 0.3) is 5.56 Å². The van der Waals surface area contributed by atoms with E-state index in [1.54, 1.807) is 7.11 Å². The molecule has 0 bridgehead atoms. The highest BCUT2D eigenvalue weighted by Gasteiger charge is 2.24. The summed E-state index contributed by atoms with van der Waals surface area (Å²) in [5.74, 6) is 2.15. The van der Waals surface area contributed by atoms with Gasteiger partial charge in [0.1, 0.15) is 11.6 Å². The van der Waals surface area contributed by atoms with Gasteiger partial charge in [0, 0.05) is 26.1 Å². The molecule has 1 fully saturated rings. The number of amides is 1. The first kappa shape index (κ1) is 21.1. The zero-order valence-corrected chi connectivity index (χ0v) is 18.2. The molecule has 162 valence electrons. The van der Waals surface area contributed by atoms with Crippen LogP contribution in [0.15, 0.2) is 53.3 Å². The van der Waals surface area contributed by atoms with E-state index in [2.05, 4.69) is 0 Å². The number of piperidine rings is 1. The van der Waals surface area contributed by atoms with Crippen molar-refractivity contribution in [2.75, 3.05) is 20.2 Å². The Hall–Kier alpha value is -3.15. The maximum Gasteiger partial charge on any atom is 0.261 e. The molecule has 1 aliphatic rings. The summed E-state index contributed by atoms with van der Waals surface area (Å²) in [5, 5.41) is 0.673. The first-order valence-electron chi connectivity index (χ1n) is 11.0. The first-order valence-corrected chi connectivity index (χ1v) is 11.0. The zero-order valence-electron chi connectivity index (χ0n) is 18.2. The maximum absolute atomic E-state index is 13.1. The van der Waals surface area contributed by atoms with Crippen LogP contribution in [0.4, 0.5) is 0 Å². The molecule has 0 atom stereocenters. The zero-order chi connectivity index (χ0) is 21.8. The molecule has 0 spiro atoms. The molecular formula is C25H29N3O3. The minimum atomic E-state index is 0.0421. The molecule has 0 aliphatic carbocycles. The number of methoxy groups -OCH3 is 1. The van der Waals surface area contributed by atoms with E-state index in [0.717, 1.165) is 55.0 Å². The molecule has 3 aromatic rings. The van der Waals surface area contributed by atoms with Crippen LogP contribution in [0, 0.1) is 5.92 Å². The molecule has 1 aromatic heterocycles. The average molecular weight is 420 g/mol. The lowest BCUT2D eigenvalue weighted by atomic mass is 9.96. The van der Waals surface area contributed by atoms with E-state index in [9.17, 15) is 9.59 Å². The first-order chi connectivity index (χ1) is 15.1. The highest BCUT2D eigenvalue weighted by atomic mass is 16.5. The number of hydrogen-bond acceptors (Lipinski definition) is 4. The number of aryl methyl sites for hydroxylation is 1. The van der Waals surface area contributed by atoms with Crippen molar-refractivity contribution in [1.82, 2.24) is 14.5 Å². The topological polar surface area (TPSA) is 64.4 Å². The van der Waals surface area contributed by atoms with E-state index in [4.69, 9.17) is 9.72 Å². The van der Waals surface area contributed by atoms with Crippen molar-refractivity contribution in [3.05, 3.63) is 70.3 Å². The lowest BCUT2D eigenvalue weighted by Crippen LogP contribution is -2.41. The fourth-order valence-electron chi connectivity index (χ4n) is 4.33. The van der Waals surface area contributed by atoms with Crippen molar-refractivity contribution >= 4 is 16.8 Å². The molecule has 6 nitrogen and oxygen atoms in total. The minimum absolute atomic E-state index is 0.0421. The number of carbonyl (C=O) groups is 1. The van der Waals surface area contributed by atoms with Crippen molar-refractivity contribution in [2.45, 2.75) is 39.2 Å². The quantitative estimate of drug-likeness (QED) is 0.614. The van der Waals surface area contributed by atoms with E-state index in [-0.39, 0.29) is 11.5 Å². The molecule has 1 aliphatic heterocycles. The normalized spacial score (nSPS) is 14.7. The molecule has 1 saturated heterocycles. The molecule has 2 aromatic carbocycles. The minimum Gasteiger partial charge on any atom is -0.497 e. The van der Waals surface area contributed by atoms with Crippen molar-refractivity contribution in [3.63, 3.8) is 0 Å². The van der Waals surface area contributed by atoms with Gasteiger partial charge in [0.05, 0.1) is 24.4 Å². The Balaban J connectivity index is 1.39. The fraction of sp³-hybridized carbons (Fsp3) is 0.400. The van der Waals surface area contributed by atoms with Gasteiger partial charge >= 0.3 is 0 Å². The van der Waals surface area contributed by atoms with E-state index < -0.39 is 0 Å². The van der Waals surface area contributed by atoms with Crippen molar-refractivity contribution < 1.29 is 9.53 Å². The van der Waals surface area contributed by atoms with Crippen LogP contribution < -0.4 is 10.3 Å². The number of hydrogen-bond donors (Lipinski definition) is 0. The number of carbonyl (C=O) groups excluding carboxylic acids is 1. The summed E-state index contributed by atoms with van der Waals surface area (Å²) in [7, 11) is 1.63. The second-order valence-corrected chi connectivity index (χ2v) is 8.16. The summed E-state index contributed by atoms with van der Waals surface area (Å²) in [6.07, 6.45) is 2.93. The number of benzene rings is 2. The molecule has 0 radical (unpaired) electrons. The fourth-order valence-corrected chi connectivity index (χ4v) is 4.33. The molecule has 31 heavy (non-hydrogen) atoms. The van der Waals surface area contributed by atoms with Crippen LogP contribution >= 0.6 is 0 Å². The summed E-state index contributed by atoms with van der Waals surface area (Å²) in [5.41, 5.74) is 1.80. The van der Waals surface area contributed by atoms with E-state index in [1.807, 2.05) is 64.9 Å². The number of rotatable bonds is 6. The molecule has 4 rings (SSSR count). The number of aromatic nitrogens is 2. The third-order valence-electron chi connectivity index (χ3n) is 6.18. The Bertz CT molecular complexity index is 1110. The molecule has 2 heterocycles. The van der Waals surface area contributed by atoms with Crippen LogP contribution in [0.25, 0.3) is 10.9 Å². The predicted molar refractivity (Wildman–Crippen MR) is 121 cm³/mol. The van der Waals surface area contributed by atoms with Gasteiger partial charge in [-0.15, -0.1) is 0 Å². The molecular weight excluding hydrogens is 390 g/mol. The van der Waals surface area contributed by atoms with Crippen LogP contribution in [0.5, 0.6) is 5.75 Å². The molecule has 0 unspecified atom stereocenters. The Kier molecular flexibility index (Phi) is 6.35.